The molecule has 2 aromatic carbocycles. The Balaban J connectivity index is 1.57. The molecule has 1 aliphatic rings. The fourth-order valence-electron chi connectivity index (χ4n) is 4.26. The third-order valence-corrected chi connectivity index (χ3v) is 6.10. The normalized spacial score (nSPS) is 13.8. The molecule has 0 bridgehead atoms. The van der Waals surface area contributed by atoms with Crippen LogP contribution in [-0.4, -0.2) is 25.5 Å². The second-order valence-electron chi connectivity index (χ2n) is 8.44. The summed E-state index contributed by atoms with van der Waals surface area (Å²) in [5.74, 6) is -0.782. The Morgan fingerprint density at radius 1 is 1.15 bits per heavy atom. The standard InChI is InChI=1S/C24H19F2N5O2/c1-12-3-7-16-21(33-29-22(16)28-15-5-6-15)20(12)17-9-13-11-27-31(23(13)30(2)24(17)32)19-8-4-14(25)10-18(19)26/h3-4,7-11,15H,5-6H2,1-2H3,(H,28,29). The number of anilines is 1. The van der Waals surface area contributed by atoms with E-state index in [0.717, 1.165) is 35.9 Å². The zero-order chi connectivity index (χ0) is 22.9. The number of aryl methyl sites for hydroxylation is 2. The summed E-state index contributed by atoms with van der Waals surface area (Å²) in [6, 6.07) is 9.24. The third kappa shape index (κ3) is 3.03. The molecule has 6 rings (SSSR count). The van der Waals surface area contributed by atoms with E-state index < -0.39 is 11.6 Å². The van der Waals surface area contributed by atoms with E-state index in [1.165, 1.54) is 15.3 Å². The smallest absolute Gasteiger partial charge is 0.259 e. The SMILES string of the molecule is Cc1ccc2c(NC3CC3)noc2c1-c1cc2cnn(-c3ccc(F)cc3F)c2n(C)c1=O. The summed E-state index contributed by atoms with van der Waals surface area (Å²) >= 11 is 0. The minimum atomic E-state index is -0.769. The van der Waals surface area contributed by atoms with E-state index in [-0.39, 0.29) is 11.2 Å². The lowest BCUT2D eigenvalue weighted by Gasteiger charge is -2.11. The van der Waals surface area contributed by atoms with Crippen LogP contribution in [0.5, 0.6) is 0 Å². The van der Waals surface area contributed by atoms with Crippen LogP contribution in [0, 0.1) is 18.6 Å². The highest BCUT2D eigenvalue weighted by Gasteiger charge is 2.25. The molecule has 166 valence electrons. The number of pyridine rings is 1. The first-order chi connectivity index (χ1) is 15.9. The number of rotatable bonds is 4. The fourth-order valence-corrected chi connectivity index (χ4v) is 4.26. The minimum Gasteiger partial charge on any atom is -0.364 e. The van der Waals surface area contributed by atoms with Gasteiger partial charge in [0, 0.05) is 30.1 Å². The third-order valence-electron chi connectivity index (χ3n) is 6.10. The number of halogens is 2. The van der Waals surface area contributed by atoms with Gasteiger partial charge in [-0.05, 0) is 49.6 Å². The Bertz CT molecular complexity index is 1630. The summed E-state index contributed by atoms with van der Waals surface area (Å²) in [6.45, 7) is 1.91. The highest BCUT2D eigenvalue weighted by molar-refractivity contribution is 6.00. The van der Waals surface area contributed by atoms with Gasteiger partial charge in [-0.1, -0.05) is 11.2 Å². The number of nitrogens with zero attached hydrogens (tertiary/aromatic N) is 4. The van der Waals surface area contributed by atoms with Crippen molar-refractivity contribution in [3.05, 3.63) is 70.1 Å². The maximum absolute atomic E-state index is 14.4. The molecule has 33 heavy (non-hydrogen) atoms. The molecule has 0 unspecified atom stereocenters. The van der Waals surface area contributed by atoms with Gasteiger partial charge in [0.15, 0.2) is 17.2 Å². The summed E-state index contributed by atoms with van der Waals surface area (Å²) in [7, 11) is 1.60. The molecule has 1 N–H and O–H groups in total. The van der Waals surface area contributed by atoms with E-state index in [1.54, 1.807) is 19.3 Å². The largest absolute Gasteiger partial charge is 0.364 e. The molecule has 7 nitrogen and oxygen atoms in total. The first kappa shape index (κ1) is 19.7. The highest BCUT2D eigenvalue weighted by Crippen LogP contribution is 2.36. The van der Waals surface area contributed by atoms with E-state index in [9.17, 15) is 13.6 Å². The van der Waals surface area contributed by atoms with Crippen molar-refractivity contribution in [2.24, 2.45) is 7.05 Å². The maximum atomic E-state index is 14.4. The number of hydrogen-bond acceptors (Lipinski definition) is 5. The average molecular weight is 447 g/mol. The zero-order valence-corrected chi connectivity index (χ0v) is 17.9. The zero-order valence-electron chi connectivity index (χ0n) is 17.9. The molecule has 0 saturated heterocycles. The van der Waals surface area contributed by atoms with Crippen molar-refractivity contribution in [1.82, 2.24) is 19.5 Å². The predicted molar refractivity (Wildman–Crippen MR) is 121 cm³/mol. The van der Waals surface area contributed by atoms with Crippen molar-refractivity contribution in [3.8, 4) is 16.8 Å². The molecule has 1 saturated carbocycles. The lowest BCUT2D eigenvalue weighted by atomic mass is 9.98. The molecule has 1 fully saturated rings. The van der Waals surface area contributed by atoms with Gasteiger partial charge in [0.2, 0.25) is 0 Å². The maximum Gasteiger partial charge on any atom is 0.259 e. The van der Waals surface area contributed by atoms with Crippen LogP contribution in [0.4, 0.5) is 14.6 Å². The molecule has 0 aliphatic heterocycles. The van der Waals surface area contributed by atoms with Crippen LogP contribution < -0.4 is 10.9 Å². The molecule has 3 heterocycles. The van der Waals surface area contributed by atoms with E-state index in [1.807, 2.05) is 19.1 Å². The lowest BCUT2D eigenvalue weighted by Crippen LogP contribution is -2.21. The van der Waals surface area contributed by atoms with Gasteiger partial charge in [-0.25, -0.2) is 13.5 Å². The Morgan fingerprint density at radius 3 is 2.73 bits per heavy atom. The number of fused-ring (bicyclic) bond motifs is 2. The molecule has 9 heteroatoms. The fraction of sp³-hybridized carbons (Fsp3) is 0.208. The molecule has 5 aromatic rings. The molecule has 0 atom stereocenters. The van der Waals surface area contributed by atoms with Crippen LogP contribution in [0.1, 0.15) is 18.4 Å². The van der Waals surface area contributed by atoms with Gasteiger partial charge in [0.05, 0.1) is 17.1 Å². The second-order valence-corrected chi connectivity index (χ2v) is 8.44. The molecule has 1 aliphatic carbocycles. The lowest BCUT2D eigenvalue weighted by molar-refractivity contribution is 0.460. The second kappa shape index (κ2) is 6.99. The van der Waals surface area contributed by atoms with E-state index in [2.05, 4.69) is 15.6 Å². The van der Waals surface area contributed by atoms with Crippen molar-refractivity contribution in [3.63, 3.8) is 0 Å². The van der Waals surface area contributed by atoms with Gasteiger partial charge < -0.3 is 9.84 Å². The van der Waals surface area contributed by atoms with E-state index in [0.29, 0.717) is 39.6 Å². The van der Waals surface area contributed by atoms with Crippen molar-refractivity contribution >= 4 is 27.8 Å². The summed E-state index contributed by atoms with van der Waals surface area (Å²) < 4.78 is 36.2. The van der Waals surface area contributed by atoms with Gasteiger partial charge in [0.1, 0.15) is 17.2 Å². The molecule has 3 aromatic heterocycles. The van der Waals surface area contributed by atoms with Gasteiger partial charge in [0.25, 0.3) is 5.56 Å². The minimum absolute atomic E-state index is 0.0541. The van der Waals surface area contributed by atoms with E-state index >= 15 is 0 Å². The van der Waals surface area contributed by atoms with Crippen LogP contribution in [0.15, 0.2) is 51.9 Å². The monoisotopic (exact) mass is 447 g/mol. The van der Waals surface area contributed by atoms with Crippen LogP contribution >= 0.6 is 0 Å². The number of nitrogens with one attached hydrogen (secondary N) is 1. The molecular formula is C24H19F2N5O2. The summed E-state index contributed by atoms with van der Waals surface area (Å²) in [6.07, 6.45) is 3.75. The summed E-state index contributed by atoms with van der Waals surface area (Å²) in [5, 5.41) is 13.3. The van der Waals surface area contributed by atoms with Crippen LogP contribution in [-0.2, 0) is 7.05 Å². The number of benzene rings is 2. The summed E-state index contributed by atoms with van der Waals surface area (Å²) in [4.78, 5) is 13.5. The number of aromatic nitrogens is 4. The summed E-state index contributed by atoms with van der Waals surface area (Å²) in [5.41, 5.74) is 2.65. The van der Waals surface area contributed by atoms with Crippen molar-refractivity contribution in [1.29, 1.82) is 0 Å². The topological polar surface area (TPSA) is 77.9 Å². The highest BCUT2D eigenvalue weighted by atomic mass is 19.1. The van der Waals surface area contributed by atoms with Gasteiger partial charge >= 0.3 is 0 Å². The van der Waals surface area contributed by atoms with Crippen molar-refractivity contribution in [2.45, 2.75) is 25.8 Å². The molecule has 0 amide bonds. The van der Waals surface area contributed by atoms with Gasteiger partial charge in [-0.2, -0.15) is 5.10 Å². The first-order valence-corrected chi connectivity index (χ1v) is 10.6. The Morgan fingerprint density at radius 2 is 1.97 bits per heavy atom. The first-order valence-electron chi connectivity index (χ1n) is 10.6. The van der Waals surface area contributed by atoms with Crippen molar-refractivity contribution < 1.29 is 13.3 Å². The van der Waals surface area contributed by atoms with Gasteiger partial charge in [-0.15, -0.1) is 0 Å². The predicted octanol–water partition coefficient (Wildman–Crippen LogP) is 4.69. The van der Waals surface area contributed by atoms with Crippen molar-refractivity contribution in [2.75, 3.05) is 5.32 Å². The molecule has 0 radical (unpaired) electrons. The Hall–Kier alpha value is -4.01. The Kier molecular flexibility index (Phi) is 4.17. The quantitative estimate of drug-likeness (QED) is 0.432. The van der Waals surface area contributed by atoms with Crippen LogP contribution in [0.3, 0.4) is 0 Å². The molecular weight excluding hydrogens is 428 g/mol. The van der Waals surface area contributed by atoms with Crippen LogP contribution in [0.25, 0.3) is 38.8 Å². The van der Waals surface area contributed by atoms with E-state index in [4.69, 9.17) is 4.52 Å². The molecule has 0 spiro atoms. The Labute approximate surface area is 186 Å². The average Bonchev–Trinajstić information content (AvgIpc) is 3.36. The van der Waals surface area contributed by atoms with Gasteiger partial charge in [-0.3, -0.25) is 9.36 Å². The van der Waals surface area contributed by atoms with Crippen LogP contribution in [0.2, 0.25) is 0 Å². The number of hydrogen-bond donors (Lipinski definition) is 1.